The Kier molecular flexibility index (Phi) is 3.00. The van der Waals surface area contributed by atoms with Gasteiger partial charge in [-0.05, 0) is 11.6 Å². The summed E-state index contributed by atoms with van der Waals surface area (Å²) >= 11 is 0. The average Bonchev–Trinajstić information content (AvgIpc) is 2.52. The third kappa shape index (κ3) is 1.82. The van der Waals surface area contributed by atoms with E-state index in [1.807, 2.05) is 18.2 Å². The molecule has 0 bridgehead atoms. The molecule has 0 unspecified atom stereocenters. The first-order valence-electron chi connectivity index (χ1n) is 4.96. The Hall–Kier alpha value is -2.10. The zero-order chi connectivity index (χ0) is 11.4. The van der Waals surface area contributed by atoms with E-state index in [1.54, 1.807) is 19.5 Å². The maximum absolute atomic E-state index is 10.6. The Balaban J connectivity index is 2.54. The van der Waals surface area contributed by atoms with Crippen LogP contribution < -0.4 is 5.32 Å². The lowest BCUT2D eigenvalue weighted by molar-refractivity contribution is -0.107. The third-order valence-electron chi connectivity index (χ3n) is 2.37. The van der Waals surface area contributed by atoms with E-state index in [4.69, 9.17) is 4.74 Å². The molecular weight excluding hydrogens is 204 g/mol. The zero-order valence-electron chi connectivity index (χ0n) is 8.93. The van der Waals surface area contributed by atoms with Gasteiger partial charge in [0.1, 0.15) is 6.29 Å². The highest BCUT2D eigenvalue weighted by atomic mass is 16.5. The predicted octanol–water partition coefficient (Wildman–Crippen LogP) is 1.72. The monoisotopic (exact) mass is 216 g/mol. The van der Waals surface area contributed by atoms with Gasteiger partial charge in [0.25, 0.3) is 0 Å². The number of nitrogens with zero attached hydrogens (tertiary/aromatic N) is 1. The number of nitrogens with one attached hydrogen (secondary N) is 1. The van der Waals surface area contributed by atoms with Crippen molar-refractivity contribution in [1.82, 2.24) is 0 Å². The summed E-state index contributed by atoms with van der Waals surface area (Å²) in [6.07, 6.45) is 4.61. The van der Waals surface area contributed by atoms with Crippen LogP contribution >= 0.6 is 0 Å². The van der Waals surface area contributed by atoms with Crippen LogP contribution in [0.2, 0.25) is 0 Å². The number of methoxy groups -OCH3 is 1. The molecule has 1 aliphatic rings. The lowest BCUT2D eigenvalue weighted by atomic mass is 10.0. The Morgan fingerprint density at radius 2 is 2.38 bits per heavy atom. The van der Waals surface area contributed by atoms with Gasteiger partial charge in [-0.2, -0.15) is 0 Å². The molecule has 16 heavy (non-hydrogen) atoms. The van der Waals surface area contributed by atoms with Crippen molar-refractivity contribution in [3.05, 3.63) is 41.7 Å². The fraction of sp³-hybridized carbons (Fsp3) is 0.167. The fourth-order valence-electron chi connectivity index (χ4n) is 1.67. The van der Waals surface area contributed by atoms with E-state index in [1.165, 1.54) is 0 Å². The number of hydrogen-bond donors (Lipinski definition) is 1. The molecule has 0 aromatic heterocycles. The number of carbonyl (C=O) groups excluding carboxylic acids is 1. The molecule has 1 aliphatic heterocycles. The van der Waals surface area contributed by atoms with Crippen LogP contribution in [0.4, 0.5) is 5.69 Å². The van der Waals surface area contributed by atoms with Crippen LogP contribution in [0.3, 0.4) is 0 Å². The second-order valence-electron chi connectivity index (χ2n) is 3.31. The molecule has 1 aromatic rings. The van der Waals surface area contributed by atoms with Crippen molar-refractivity contribution in [2.45, 2.75) is 6.42 Å². The van der Waals surface area contributed by atoms with Crippen LogP contribution in [0.15, 0.2) is 35.6 Å². The molecule has 4 nitrogen and oxygen atoms in total. The molecule has 4 heteroatoms. The van der Waals surface area contributed by atoms with Gasteiger partial charge in [0.05, 0.1) is 18.4 Å². The molecule has 0 radical (unpaired) electrons. The van der Waals surface area contributed by atoms with E-state index in [2.05, 4.69) is 10.3 Å². The molecule has 0 amide bonds. The van der Waals surface area contributed by atoms with Gasteiger partial charge in [-0.3, -0.25) is 0 Å². The SMILES string of the molecule is COC1=NC=CNc2c(CC=O)cccc21. The van der Waals surface area contributed by atoms with E-state index in [9.17, 15) is 4.79 Å². The lowest BCUT2D eigenvalue weighted by Crippen LogP contribution is -2.07. The lowest BCUT2D eigenvalue weighted by Gasteiger charge is -2.12. The number of benzene rings is 1. The molecule has 0 atom stereocenters. The minimum absolute atomic E-state index is 0.376. The van der Waals surface area contributed by atoms with Gasteiger partial charge in [0.2, 0.25) is 5.90 Å². The molecule has 0 saturated heterocycles. The predicted molar refractivity (Wildman–Crippen MR) is 62.5 cm³/mol. The van der Waals surface area contributed by atoms with Gasteiger partial charge in [0.15, 0.2) is 0 Å². The van der Waals surface area contributed by atoms with Crippen molar-refractivity contribution in [3.8, 4) is 0 Å². The Morgan fingerprint density at radius 1 is 1.50 bits per heavy atom. The van der Waals surface area contributed by atoms with Gasteiger partial charge in [-0.1, -0.05) is 12.1 Å². The van der Waals surface area contributed by atoms with E-state index in [-0.39, 0.29) is 0 Å². The first-order valence-corrected chi connectivity index (χ1v) is 4.96. The largest absolute Gasteiger partial charge is 0.481 e. The summed E-state index contributed by atoms with van der Waals surface area (Å²) in [5.74, 6) is 0.545. The summed E-state index contributed by atoms with van der Waals surface area (Å²) < 4.78 is 5.20. The van der Waals surface area contributed by atoms with Crippen molar-refractivity contribution in [3.63, 3.8) is 0 Å². The first kappa shape index (κ1) is 10.4. The second kappa shape index (κ2) is 4.61. The van der Waals surface area contributed by atoms with Crippen molar-refractivity contribution < 1.29 is 9.53 Å². The molecule has 2 rings (SSSR count). The maximum Gasteiger partial charge on any atom is 0.222 e. The van der Waals surface area contributed by atoms with Gasteiger partial charge >= 0.3 is 0 Å². The number of para-hydroxylation sites is 1. The Bertz CT molecular complexity index is 464. The molecular formula is C12H12N2O2. The van der Waals surface area contributed by atoms with Crippen molar-refractivity contribution in [2.24, 2.45) is 4.99 Å². The molecule has 1 heterocycles. The molecule has 82 valence electrons. The standard InChI is InChI=1S/C12H12N2O2/c1-16-12-10-4-2-3-9(5-8-15)11(10)13-6-7-14-12/h2-4,6-8,13H,5H2,1H3. The van der Waals surface area contributed by atoms with Gasteiger partial charge in [0, 0.05) is 18.8 Å². The highest BCUT2D eigenvalue weighted by Gasteiger charge is 2.13. The Morgan fingerprint density at radius 3 is 3.12 bits per heavy atom. The van der Waals surface area contributed by atoms with Gasteiger partial charge in [-0.25, -0.2) is 4.99 Å². The summed E-state index contributed by atoms with van der Waals surface area (Å²) in [7, 11) is 1.58. The molecule has 0 aliphatic carbocycles. The highest BCUT2D eigenvalue weighted by Crippen LogP contribution is 2.24. The molecule has 0 spiro atoms. The third-order valence-corrected chi connectivity index (χ3v) is 2.37. The van der Waals surface area contributed by atoms with E-state index in [0.29, 0.717) is 12.3 Å². The summed E-state index contributed by atoms with van der Waals surface area (Å²) in [5, 5.41) is 3.11. The average molecular weight is 216 g/mol. The smallest absolute Gasteiger partial charge is 0.222 e. The molecule has 1 aromatic carbocycles. The van der Waals surface area contributed by atoms with E-state index < -0.39 is 0 Å². The summed E-state index contributed by atoms with van der Waals surface area (Å²) in [5.41, 5.74) is 2.68. The van der Waals surface area contributed by atoms with Gasteiger partial charge in [-0.15, -0.1) is 0 Å². The summed E-state index contributed by atoms with van der Waals surface area (Å²) in [6.45, 7) is 0. The van der Waals surface area contributed by atoms with Crippen LogP contribution in [0, 0.1) is 0 Å². The zero-order valence-corrected chi connectivity index (χ0v) is 8.93. The number of hydrogen-bond acceptors (Lipinski definition) is 4. The fourth-order valence-corrected chi connectivity index (χ4v) is 1.67. The molecule has 1 N–H and O–H groups in total. The number of anilines is 1. The minimum atomic E-state index is 0.376. The van der Waals surface area contributed by atoms with Gasteiger partial charge < -0.3 is 14.8 Å². The van der Waals surface area contributed by atoms with E-state index in [0.717, 1.165) is 23.1 Å². The molecule has 0 saturated carbocycles. The van der Waals surface area contributed by atoms with Crippen LogP contribution in [0.25, 0.3) is 0 Å². The van der Waals surface area contributed by atoms with Crippen molar-refractivity contribution >= 4 is 17.9 Å². The maximum atomic E-state index is 10.6. The minimum Gasteiger partial charge on any atom is -0.481 e. The van der Waals surface area contributed by atoms with Crippen LogP contribution in [-0.4, -0.2) is 19.3 Å². The number of aldehydes is 1. The summed E-state index contributed by atoms with van der Waals surface area (Å²) in [6, 6.07) is 5.71. The number of aliphatic imine (C=N–C) groups is 1. The normalized spacial score (nSPS) is 13.2. The Labute approximate surface area is 93.6 Å². The topological polar surface area (TPSA) is 50.7 Å². The summed E-state index contributed by atoms with van der Waals surface area (Å²) in [4.78, 5) is 14.7. The second-order valence-corrected chi connectivity index (χ2v) is 3.31. The van der Waals surface area contributed by atoms with Crippen molar-refractivity contribution in [2.75, 3.05) is 12.4 Å². The van der Waals surface area contributed by atoms with E-state index >= 15 is 0 Å². The number of fused-ring (bicyclic) bond motifs is 1. The van der Waals surface area contributed by atoms with Crippen LogP contribution in [0.5, 0.6) is 0 Å². The highest BCUT2D eigenvalue weighted by molar-refractivity contribution is 6.01. The number of ether oxygens (including phenoxy) is 1. The number of rotatable bonds is 2. The van der Waals surface area contributed by atoms with Crippen LogP contribution in [-0.2, 0) is 16.0 Å². The first-order chi connectivity index (χ1) is 7.86. The van der Waals surface area contributed by atoms with Crippen LogP contribution in [0.1, 0.15) is 11.1 Å². The molecule has 0 fully saturated rings. The quantitative estimate of drug-likeness (QED) is 0.766. The number of carbonyl (C=O) groups is 1. The van der Waals surface area contributed by atoms with Crippen molar-refractivity contribution in [1.29, 1.82) is 0 Å².